The SMILES string of the molecule is CNc1ncc2cc(-c3cc(Cl)ccc3OC)c(=O)n(CCc3cccc(NC(=O)/C(C#N)=C/C(C)(C)C)c3)c2n1. The van der Waals surface area contributed by atoms with Gasteiger partial charge in [0.2, 0.25) is 5.95 Å². The number of aromatic nitrogens is 3. The lowest BCUT2D eigenvalue weighted by Crippen LogP contribution is -2.24. The summed E-state index contributed by atoms with van der Waals surface area (Å²) in [6.07, 6.45) is 3.78. The number of allylic oxidation sites excluding steroid dienone is 1. The summed E-state index contributed by atoms with van der Waals surface area (Å²) in [5.74, 6) is 0.437. The highest BCUT2D eigenvalue weighted by molar-refractivity contribution is 6.31. The number of pyridine rings is 1. The number of ether oxygens (including phenoxy) is 1. The van der Waals surface area contributed by atoms with E-state index in [0.717, 1.165) is 5.56 Å². The quantitative estimate of drug-likeness (QED) is 0.201. The molecule has 0 aliphatic heterocycles. The number of methoxy groups -OCH3 is 1. The molecule has 4 aromatic rings. The van der Waals surface area contributed by atoms with Crippen molar-refractivity contribution in [3.8, 4) is 22.9 Å². The molecule has 9 nitrogen and oxygen atoms in total. The Labute approximate surface area is 243 Å². The van der Waals surface area contributed by atoms with Gasteiger partial charge in [-0.1, -0.05) is 50.6 Å². The molecule has 0 radical (unpaired) electrons. The molecule has 41 heavy (non-hydrogen) atoms. The summed E-state index contributed by atoms with van der Waals surface area (Å²) in [6, 6.07) is 16.2. The van der Waals surface area contributed by atoms with Crippen LogP contribution in [0.2, 0.25) is 5.02 Å². The van der Waals surface area contributed by atoms with Crippen LogP contribution in [0.15, 0.2) is 71.2 Å². The molecule has 210 valence electrons. The van der Waals surface area contributed by atoms with Gasteiger partial charge in [-0.05, 0) is 53.8 Å². The number of aryl methyl sites for hydroxylation is 2. The van der Waals surface area contributed by atoms with Crippen LogP contribution in [0.3, 0.4) is 0 Å². The molecule has 2 aromatic heterocycles. The van der Waals surface area contributed by atoms with Gasteiger partial charge in [0.15, 0.2) is 0 Å². The second-order valence-electron chi connectivity index (χ2n) is 10.5. The predicted octanol–water partition coefficient (Wildman–Crippen LogP) is 5.84. The van der Waals surface area contributed by atoms with Crippen molar-refractivity contribution in [2.45, 2.75) is 33.7 Å². The van der Waals surface area contributed by atoms with E-state index in [1.165, 1.54) is 0 Å². The number of halogens is 1. The lowest BCUT2D eigenvalue weighted by atomic mass is 9.93. The van der Waals surface area contributed by atoms with Crippen LogP contribution in [0.5, 0.6) is 5.75 Å². The van der Waals surface area contributed by atoms with E-state index in [0.29, 0.717) is 57.5 Å². The smallest absolute Gasteiger partial charge is 0.265 e. The molecule has 10 heteroatoms. The number of hydrogen-bond acceptors (Lipinski definition) is 7. The van der Waals surface area contributed by atoms with Crippen molar-refractivity contribution in [1.29, 1.82) is 5.26 Å². The summed E-state index contributed by atoms with van der Waals surface area (Å²) in [6.45, 7) is 6.07. The molecule has 0 atom stereocenters. The highest BCUT2D eigenvalue weighted by Gasteiger charge is 2.18. The first-order chi connectivity index (χ1) is 19.5. The van der Waals surface area contributed by atoms with E-state index in [4.69, 9.17) is 16.3 Å². The molecule has 0 spiro atoms. The summed E-state index contributed by atoms with van der Waals surface area (Å²) in [5.41, 5.74) is 2.37. The van der Waals surface area contributed by atoms with Crippen LogP contribution in [0.4, 0.5) is 11.6 Å². The second kappa shape index (κ2) is 12.2. The van der Waals surface area contributed by atoms with Crippen LogP contribution in [-0.4, -0.2) is 34.6 Å². The van der Waals surface area contributed by atoms with Crippen LogP contribution < -0.4 is 20.9 Å². The Bertz CT molecular complexity index is 1750. The maximum Gasteiger partial charge on any atom is 0.265 e. The maximum absolute atomic E-state index is 13.9. The van der Waals surface area contributed by atoms with E-state index in [2.05, 4.69) is 20.6 Å². The first kappa shape index (κ1) is 29.3. The number of hydrogen-bond donors (Lipinski definition) is 2. The Morgan fingerprint density at radius 3 is 2.63 bits per heavy atom. The third-order valence-corrected chi connectivity index (χ3v) is 6.49. The minimum absolute atomic E-state index is 0.0502. The van der Waals surface area contributed by atoms with Crippen molar-refractivity contribution in [2.24, 2.45) is 5.41 Å². The zero-order valence-corrected chi connectivity index (χ0v) is 24.3. The molecule has 0 aliphatic carbocycles. The van der Waals surface area contributed by atoms with Gasteiger partial charge in [-0.2, -0.15) is 10.2 Å². The summed E-state index contributed by atoms with van der Waals surface area (Å²) in [5, 5.41) is 16.3. The van der Waals surface area contributed by atoms with Gasteiger partial charge in [0.1, 0.15) is 23.0 Å². The average molecular weight is 571 g/mol. The molecule has 2 N–H and O–H groups in total. The van der Waals surface area contributed by atoms with Crippen molar-refractivity contribution in [1.82, 2.24) is 14.5 Å². The van der Waals surface area contributed by atoms with E-state index in [1.807, 2.05) is 45.0 Å². The Kier molecular flexibility index (Phi) is 8.74. The number of amides is 1. The fraction of sp³-hybridized carbons (Fsp3) is 0.258. The van der Waals surface area contributed by atoms with Crippen LogP contribution in [-0.2, 0) is 17.8 Å². The Morgan fingerprint density at radius 2 is 1.95 bits per heavy atom. The minimum Gasteiger partial charge on any atom is -0.496 e. The van der Waals surface area contributed by atoms with Crippen LogP contribution in [0, 0.1) is 16.7 Å². The third-order valence-electron chi connectivity index (χ3n) is 6.25. The van der Waals surface area contributed by atoms with Gasteiger partial charge in [-0.3, -0.25) is 14.2 Å². The zero-order valence-electron chi connectivity index (χ0n) is 23.6. The molecule has 1 amide bonds. The molecule has 0 bridgehead atoms. The lowest BCUT2D eigenvalue weighted by molar-refractivity contribution is -0.112. The van der Waals surface area contributed by atoms with E-state index >= 15 is 0 Å². The topological polar surface area (TPSA) is 122 Å². The van der Waals surface area contributed by atoms with Crippen LogP contribution in [0.25, 0.3) is 22.2 Å². The van der Waals surface area contributed by atoms with Gasteiger partial charge in [0, 0.05) is 41.4 Å². The number of nitrogens with one attached hydrogen (secondary N) is 2. The number of nitriles is 1. The largest absolute Gasteiger partial charge is 0.496 e. The molecule has 2 aromatic carbocycles. The first-order valence-electron chi connectivity index (χ1n) is 13.0. The lowest BCUT2D eigenvalue weighted by Gasteiger charge is -2.15. The first-order valence-corrected chi connectivity index (χ1v) is 13.4. The number of fused-ring (bicyclic) bond motifs is 1. The van der Waals surface area contributed by atoms with Gasteiger partial charge < -0.3 is 15.4 Å². The van der Waals surface area contributed by atoms with Crippen molar-refractivity contribution < 1.29 is 9.53 Å². The fourth-order valence-electron chi connectivity index (χ4n) is 4.40. The monoisotopic (exact) mass is 570 g/mol. The highest BCUT2D eigenvalue weighted by Crippen LogP contribution is 2.32. The van der Waals surface area contributed by atoms with Crippen molar-refractivity contribution in [3.05, 3.63) is 87.3 Å². The number of anilines is 2. The number of carbonyl (C=O) groups is 1. The Hall–Kier alpha value is -4.68. The highest BCUT2D eigenvalue weighted by atomic mass is 35.5. The van der Waals surface area contributed by atoms with Crippen LogP contribution >= 0.6 is 11.6 Å². The normalized spacial score (nSPS) is 11.7. The number of rotatable bonds is 8. The van der Waals surface area contributed by atoms with Crippen molar-refractivity contribution in [3.63, 3.8) is 0 Å². The standard InChI is InChI=1S/C31H31ClN6O3/c1-31(2,3)16-21(17-33)28(39)36-23-8-6-7-19(13-23)11-12-38-27-20(18-35-30(34-4)37-27)14-25(29(38)40)24-15-22(32)9-10-26(24)41-5/h6-10,13-16,18H,11-12H2,1-5H3,(H,36,39)(H,34,35,37)/b21-16+. The molecule has 0 saturated heterocycles. The van der Waals surface area contributed by atoms with Crippen LogP contribution in [0.1, 0.15) is 26.3 Å². The number of carbonyl (C=O) groups excluding carboxylic acids is 1. The molecule has 0 aliphatic rings. The molecular weight excluding hydrogens is 540 g/mol. The van der Waals surface area contributed by atoms with Gasteiger partial charge in [-0.25, -0.2) is 4.98 Å². The molecular formula is C31H31ClN6O3. The van der Waals surface area contributed by atoms with E-state index in [-0.39, 0.29) is 16.5 Å². The van der Waals surface area contributed by atoms with Gasteiger partial charge in [0.05, 0.1) is 12.7 Å². The average Bonchev–Trinajstić information content (AvgIpc) is 2.94. The van der Waals surface area contributed by atoms with Gasteiger partial charge >= 0.3 is 0 Å². The predicted molar refractivity (Wildman–Crippen MR) is 162 cm³/mol. The molecule has 4 rings (SSSR count). The van der Waals surface area contributed by atoms with E-state index in [1.54, 1.807) is 61.3 Å². The Balaban J connectivity index is 1.70. The minimum atomic E-state index is -0.471. The molecule has 0 saturated carbocycles. The molecule has 0 fully saturated rings. The third kappa shape index (κ3) is 6.91. The summed E-state index contributed by atoms with van der Waals surface area (Å²) in [7, 11) is 3.25. The van der Waals surface area contributed by atoms with Crippen molar-refractivity contribution >= 4 is 40.2 Å². The number of nitrogens with zero attached hydrogens (tertiary/aromatic N) is 4. The fourth-order valence-corrected chi connectivity index (χ4v) is 4.57. The van der Waals surface area contributed by atoms with Gasteiger partial charge in [0.25, 0.3) is 11.5 Å². The number of benzene rings is 2. The maximum atomic E-state index is 13.9. The Morgan fingerprint density at radius 1 is 1.17 bits per heavy atom. The van der Waals surface area contributed by atoms with Gasteiger partial charge in [-0.15, -0.1) is 0 Å². The second-order valence-corrected chi connectivity index (χ2v) is 11.0. The summed E-state index contributed by atoms with van der Waals surface area (Å²) < 4.78 is 7.13. The summed E-state index contributed by atoms with van der Waals surface area (Å²) >= 11 is 6.28. The molecule has 0 unspecified atom stereocenters. The van der Waals surface area contributed by atoms with E-state index in [9.17, 15) is 14.9 Å². The van der Waals surface area contributed by atoms with Crippen molar-refractivity contribution in [2.75, 3.05) is 24.8 Å². The van der Waals surface area contributed by atoms with E-state index < -0.39 is 5.91 Å². The summed E-state index contributed by atoms with van der Waals surface area (Å²) in [4.78, 5) is 35.5. The molecule has 2 heterocycles. The zero-order chi connectivity index (χ0) is 29.7.